The van der Waals surface area contributed by atoms with Crippen LogP contribution in [0.15, 0.2) is 0 Å². The van der Waals surface area contributed by atoms with Crippen LogP contribution in [0.4, 0.5) is 0 Å². The van der Waals surface area contributed by atoms with Crippen molar-refractivity contribution in [3.05, 3.63) is 0 Å². The van der Waals surface area contributed by atoms with Crippen LogP contribution in [0.2, 0.25) is 0 Å². The van der Waals surface area contributed by atoms with E-state index in [1.807, 2.05) is 6.92 Å². The van der Waals surface area contributed by atoms with Gasteiger partial charge in [0.1, 0.15) is 0 Å². The Balaban J connectivity index is 3.46. The third kappa shape index (κ3) is 9.89. The number of hydrogen-bond donors (Lipinski definition) is 3. The number of unbranched alkanes of at least 4 members (excludes halogenated alkanes) is 4. The van der Waals surface area contributed by atoms with Gasteiger partial charge < -0.3 is 20.1 Å². The van der Waals surface area contributed by atoms with Gasteiger partial charge in [0, 0.05) is 6.42 Å². The summed E-state index contributed by atoms with van der Waals surface area (Å²) in [5, 5.41) is 26.8. The molecule has 20 heavy (non-hydrogen) atoms. The lowest BCUT2D eigenvalue weighted by atomic mass is 10.1. The number of carbonyl (C=O) groups excluding carboxylic acids is 2. The highest BCUT2D eigenvalue weighted by atomic mass is 16.6. The van der Waals surface area contributed by atoms with Gasteiger partial charge in [0.2, 0.25) is 0 Å². The number of carbonyl (C=O) groups is 2. The van der Waals surface area contributed by atoms with E-state index in [4.69, 9.17) is 10.2 Å². The van der Waals surface area contributed by atoms with E-state index in [1.54, 1.807) is 0 Å². The van der Waals surface area contributed by atoms with Gasteiger partial charge >= 0.3 is 11.9 Å². The quantitative estimate of drug-likeness (QED) is 0.297. The van der Waals surface area contributed by atoms with E-state index >= 15 is 0 Å². The van der Waals surface area contributed by atoms with Crippen molar-refractivity contribution in [3.8, 4) is 0 Å². The molecule has 0 aliphatic heterocycles. The van der Waals surface area contributed by atoms with E-state index < -0.39 is 24.6 Å². The number of rotatable bonds is 11. The van der Waals surface area contributed by atoms with Crippen molar-refractivity contribution in [3.63, 3.8) is 0 Å². The van der Waals surface area contributed by atoms with Crippen LogP contribution in [0.1, 0.15) is 58.3 Å². The lowest BCUT2D eigenvalue weighted by Gasteiger charge is -2.07. The minimum atomic E-state index is -1.65. The molecule has 2 unspecified atom stereocenters. The Morgan fingerprint density at radius 1 is 1.05 bits per heavy atom. The maximum Gasteiger partial charge on any atom is 0.345 e. The van der Waals surface area contributed by atoms with E-state index in [0.29, 0.717) is 6.42 Å². The number of aliphatic hydroxyl groups is 3. The third-order valence-corrected chi connectivity index (χ3v) is 3.05. The molecule has 0 fully saturated rings. The van der Waals surface area contributed by atoms with Crippen molar-refractivity contribution < 1.29 is 29.6 Å². The Labute approximate surface area is 119 Å². The van der Waals surface area contributed by atoms with E-state index in [0.717, 1.165) is 38.5 Å². The third-order valence-electron chi connectivity index (χ3n) is 3.05. The average Bonchev–Trinajstić information content (AvgIpc) is 2.44. The predicted octanol–water partition coefficient (Wildman–Crippen LogP) is 0.911. The molecular formula is C14H26O6. The molecule has 0 amide bonds. The minimum Gasteiger partial charge on any atom is -0.393 e. The van der Waals surface area contributed by atoms with Crippen LogP contribution in [0.25, 0.3) is 0 Å². The zero-order valence-electron chi connectivity index (χ0n) is 12.1. The van der Waals surface area contributed by atoms with Gasteiger partial charge in [0.05, 0.1) is 12.7 Å². The molecule has 0 aliphatic carbocycles. The van der Waals surface area contributed by atoms with Crippen molar-refractivity contribution in [1.82, 2.24) is 0 Å². The SMILES string of the molecule is CCC(O)CCCCCCCC(=O)OC(=O)C(O)CO. The Kier molecular flexibility index (Phi) is 11.2. The number of esters is 2. The van der Waals surface area contributed by atoms with Gasteiger partial charge in [-0.3, -0.25) is 4.79 Å². The monoisotopic (exact) mass is 290 g/mol. The summed E-state index contributed by atoms with van der Waals surface area (Å²) in [6.07, 6.45) is 4.28. The first-order chi connectivity index (χ1) is 9.51. The molecule has 0 saturated carbocycles. The van der Waals surface area contributed by atoms with Gasteiger partial charge in [-0.05, 0) is 19.3 Å². The number of hydrogen-bond acceptors (Lipinski definition) is 6. The molecule has 2 atom stereocenters. The fraction of sp³-hybridized carbons (Fsp3) is 0.857. The highest BCUT2D eigenvalue weighted by Crippen LogP contribution is 2.10. The van der Waals surface area contributed by atoms with Gasteiger partial charge in [-0.15, -0.1) is 0 Å². The maximum absolute atomic E-state index is 11.2. The van der Waals surface area contributed by atoms with Crippen LogP contribution in [-0.4, -0.2) is 46.1 Å². The Morgan fingerprint density at radius 3 is 2.25 bits per heavy atom. The van der Waals surface area contributed by atoms with Crippen molar-refractivity contribution in [2.75, 3.05) is 6.61 Å². The van der Waals surface area contributed by atoms with Crippen LogP contribution in [-0.2, 0) is 14.3 Å². The predicted molar refractivity (Wildman–Crippen MR) is 72.8 cm³/mol. The summed E-state index contributed by atoms with van der Waals surface area (Å²) in [7, 11) is 0. The molecule has 6 heteroatoms. The summed E-state index contributed by atoms with van der Waals surface area (Å²) in [6.45, 7) is 1.20. The lowest BCUT2D eigenvalue weighted by molar-refractivity contribution is -0.167. The molecule has 6 nitrogen and oxygen atoms in total. The summed E-state index contributed by atoms with van der Waals surface area (Å²) < 4.78 is 4.36. The molecule has 0 saturated heterocycles. The maximum atomic E-state index is 11.2. The second-order valence-electron chi connectivity index (χ2n) is 4.86. The topological polar surface area (TPSA) is 104 Å². The zero-order valence-corrected chi connectivity index (χ0v) is 12.1. The first-order valence-electron chi connectivity index (χ1n) is 7.22. The van der Waals surface area contributed by atoms with Gasteiger partial charge in [-0.2, -0.15) is 0 Å². The van der Waals surface area contributed by atoms with Crippen LogP contribution < -0.4 is 0 Å². The van der Waals surface area contributed by atoms with Crippen LogP contribution in [0, 0.1) is 0 Å². The van der Waals surface area contributed by atoms with Crippen molar-refractivity contribution in [2.45, 2.75) is 70.5 Å². The van der Waals surface area contributed by atoms with Gasteiger partial charge in [0.15, 0.2) is 6.10 Å². The van der Waals surface area contributed by atoms with Crippen molar-refractivity contribution >= 4 is 11.9 Å². The van der Waals surface area contributed by atoms with Gasteiger partial charge in [-0.1, -0.05) is 32.6 Å². The van der Waals surface area contributed by atoms with E-state index in [2.05, 4.69) is 4.74 Å². The fourth-order valence-electron chi connectivity index (χ4n) is 1.69. The fourth-order valence-corrected chi connectivity index (χ4v) is 1.69. The Hall–Kier alpha value is -0.980. The molecule has 0 bridgehead atoms. The molecule has 0 spiro atoms. The molecule has 118 valence electrons. The molecule has 0 aromatic rings. The molecule has 0 rings (SSSR count). The smallest absolute Gasteiger partial charge is 0.345 e. The molecule has 0 aliphatic rings. The standard InChI is InChI=1S/C14H26O6/c1-2-11(16)8-6-4-3-5-7-9-13(18)20-14(19)12(17)10-15/h11-12,15-17H,2-10H2,1H3. The molecule has 0 aromatic carbocycles. The Morgan fingerprint density at radius 2 is 1.65 bits per heavy atom. The van der Waals surface area contributed by atoms with Crippen LogP contribution >= 0.6 is 0 Å². The summed E-state index contributed by atoms with van der Waals surface area (Å²) in [6, 6.07) is 0. The number of aliphatic hydroxyl groups excluding tert-OH is 3. The highest BCUT2D eigenvalue weighted by Gasteiger charge is 2.18. The molecule has 0 radical (unpaired) electrons. The molecular weight excluding hydrogens is 264 g/mol. The van der Waals surface area contributed by atoms with Crippen LogP contribution in [0.3, 0.4) is 0 Å². The van der Waals surface area contributed by atoms with Gasteiger partial charge in [0.25, 0.3) is 0 Å². The average molecular weight is 290 g/mol. The summed E-state index contributed by atoms with van der Waals surface area (Å²) in [5.41, 5.74) is 0. The molecule has 3 N–H and O–H groups in total. The normalized spacial score (nSPS) is 13.8. The first-order valence-corrected chi connectivity index (χ1v) is 7.22. The van der Waals surface area contributed by atoms with Crippen LogP contribution in [0.5, 0.6) is 0 Å². The first kappa shape index (κ1) is 19.0. The van der Waals surface area contributed by atoms with Crippen molar-refractivity contribution in [2.24, 2.45) is 0 Å². The molecule has 0 aromatic heterocycles. The molecule has 0 heterocycles. The Bertz CT molecular complexity index is 279. The summed E-state index contributed by atoms with van der Waals surface area (Å²) in [4.78, 5) is 22.2. The lowest BCUT2D eigenvalue weighted by Crippen LogP contribution is -2.28. The van der Waals surface area contributed by atoms with E-state index in [-0.39, 0.29) is 12.5 Å². The summed E-state index contributed by atoms with van der Waals surface area (Å²) >= 11 is 0. The zero-order chi connectivity index (χ0) is 15.4. The highest BCUT2D eigenvalue weighted by molar-refractivity contribution is 5.87. The van der Waals surface area contributed by atoms with Crippen molar-refractivity contribution in [1.29, 1.82) is 0 Å². The van der Waals surface area contributed by atoms with E-state index in [1.165, 1.54) is 0 Å². The largest absolute Gasteiger partial charge is 0.393 e. The second kappa shape index (κ2) is 11.8. The second-order valence-corrected chi connectivity index (χ2v) is 4.86. The van der Waals surface area contributed by atoms with Gasteiger partial charge in [-0.25, -0.2) is 4.79 Å². The minimum absolute atomic E-state index is 0.126. The summed E-state index contributed by atoms with van der Waals surface area (Å²) in [5.74, 6) is -1.78. The number of ether oxygens (including phenoxy) is 1. The van der Waals surface area contributed by atoms with E-state index in [9.17, 15) is 14.7 Å².